The summed E-state index contributed by atoms with van der Waals surface area (Å²) in [6, 6.07) is 9.06. The van der Waals surface area contributed by atoms with Gasteiger partial charge >= 0.3 is 6.03 Å². The van der Waals surface area contributed by atoms with Crippen molar-refractivity contribution in [3.63, 3.8) is 0 Å². The molecule has 2 rings (SSSR count). The van der Waals surface area contributed by atoms with Gasteiger partial charge in [-0.25, -0.2) is 4.79 Å². The first kappa shape index (κ1) is 15.6. The zero-order valence-electron chi connectivity index (χ0n) is 12.1. The Morgan fingerprint density at radius 3 is 2.86 bits per heavy atom. The molecule has 0 radical (unpaired) electrons. The molecule has 1 heterocycles. The van der Waals surface area contributed by atoms with Gasteiger partial charge in [-0.3, -0.25) is 10.1 Å². The largest absolute Gasteiger partial charge is 0.469 e. The Morgan fingerprint density at radius 2 is 2.18 bits per heavy atom. The van der Waals surface area contributed by atoms with Gasteiger partial charge < -0.3 is 15.1 Å². The van der Waals surface area contributed by atoms with E-state index in [0.29, 0.717) is 5.69 Å². The van der Waals surface area contributed by atoms with Crippen molar-refractivity contribution in [3.8, 4) is 0 Å². The highest BCUT2D eigenvalue weighted by Gasteiger charge is 2.10. The predicted octanol–water partition coefficient (Wildman–Crippen LogP) is 3.33. The molecule has 2 aromatic rings. The Hall–Kier alpha value is -2.83. The summed E-state index contributed by atoms with van der Waals surface area (Å²) in [5, 5.41) is 16.0. The first-order valence-electron chi connectivity index (χ1n) is 6.89. The second-order valence-corrected chi connectivity index (χ2v) is 4.92. The lowest BCUT2D eigenvalue weighted by Gasteiger charge is -2.14. The van der Waals surface area contributed by atoms with E-state index in [4.69, 9.17) is 4.42 Å². The Balaban J connectivity index is 1.81. The van der Waals surface area contributed by atoms with Crippen molar-refractivity contribution >= 4 is 17.4 Å². The lowest BCUT2D eigenvalue weighted by atomic mass is 10.1. The van der Waals surface area contributed by atoms with E-state index in [2.05, 4.69) is 10.6 Å². The van der Waals surface area contributed by atoms with E-state index in [1.54, 1.807) is 12.3 Å². The third-order valence-corrected chi connectivity index (χ3v) is 3.10. The number of aryl methyl sites for hydroxylation is 1. The van der Waals surface area contributed by atoms with E-state index >= 15 is 0 Å². The van der Waals surface area contributed by atoms with Gasteiger partial charge in [0.15, 0.2) is 0 Å². The molecule has 0 fully saturated rings. The number of nitro benzene ring substituents is 1. The molecule has 0 aliphatic heterocycles. The lowest BCUT2D eigenvalue weighted by Crippen LogP contribution is -2.36. The summed E-state index contributed by atoms with van der Waals surface area (Å²) in [5.41, 5.74) is 0.314. The van der Waals surface area contributed by atoms with Gasteiger partial charge in [0.05, 0.1) is 11.2 Å². The molecular formula is C15H17N3O4. The normalized spacial score (nSPS) is 11.7. The van der Waals surface area contributed by atoms with Crippen molar-refractivity contribution in [2.45, 2.75) is 25.8 Å². The van der Waals surface area contributed by atoms with Crippen LogP contribution >= 0.6 is 0 Å². The fraction of sp³-hybridized carbons (Fsp3) is 0.267. The smallest absolute Gasteiger partial charge is 0.319 e. The van der Waals surface area contributed by atoms with Crippen LogP contribution in [-0.4, -0.2) is 17.0 Å². The molecule has 0 bridgehead atoms. The van der Waals surface area contributed by atoms with Crippen molar-refractivity contribution in [3.05, 3.63) is 58.5 Å². The topological polar surface area (TPSA) is 97.4 Å². The van der Waals surface area contributed by atoms with Crippen LogP contribution in [0.4, 0.5) is 16.2 Å². The second kappa shape index (κ2) is 7.26. The van der Waals surface area contributed by atoms with Crippen LogP contribution < -0.4 is 10.6 Å². The molecule has 0 spiro atoms. The summed E-state index contributed by atoms with van der Waals surface area (Å²) in [6.07, 6.45) is 3.07. The summed E-state index contributed by atoms with van der Waals surface area (Å²) in [6.45, 7) is 1.88. The highest BCUT2D eigenvalue weighted by molar-refractivity contribution is 5.89. The molecule has 7 nitrogen and oxygen atoms in total. The zero-order chi connectivity index (χ0) is 15.9. The number of carbonyl (C=O) groups excluding carboxylic acids is 1. The number of benzene rings is 1. The molecule has 1 atom stereocenters. The maximum atomic E-state index is 11.8. The number of carbonyl (C=O) groups is 1. The predicted molar refractivity (Wildman–Crippen MR) is 81.7 cm³/mol. The van der Waals surface area contributed by atoms with E-state index in [9.17, 15) is 14.9 Å². The molecule has 2 amide bonds. The number of urea groups is 1. The minimum atomic E-state index is -0.505. The van der Waals surface area contributed by atoms with Crippen molar-refractivity contribution in [1.82, 2.24) is 5.32 Å². The molecule has 1 aromatic carbocycles. The van der Waals surface area contributed by atoms with Crippen molar-refractivity contribution in [2.75, 3.05) is 5.32 Å². The van der Waals surface area contributed by atoms with E-state index in [1.165, 1.54) is 18.2 Å². The maximum absolute atomic E-state index is 11.8. The van der Waals surface area contributed by atoms with Gasteiger partial charge in [0.25, 0.3) is 5.69 Å². The van der Waals surface area contributed by atoms with E-state index in [-0.39, 0.29) is 11.7 Å². The van der Waals surface area contributed by atoms with Crippen LogP contribution in [0.1, 0.15) is 19.1 Å². The summed E-state index contributed by atoms with van der Waals surface area (Å²) in [4.78, 5) is 22.0. The maximum Gasteiger partial charge on any atom is 0.319 e. The molecule has 22 heavy (non-hydrogen) atoms. The van der Waals surface area contributed by atoms with E-state index in [1.807, 2.05) is 19.1 Å². The molecule has 7 heteroatoms. The summed E-state index contributed by atoms with van der Waals surface area (Å²) < 4.78 is 5.23. The second-order valence-electron chi connectivity index (χ2n) is 4.92. The third-order valence-electron chi connectivity index (χ3n) is 3.10. The van der Waals surface area contributed by atoms with Gasteiger partial charge in [-0.05, 0) is 31.5 Å². The molecule has 116 valence electrons. The molecule has 0 unspecified atom stereocenters. The van der Waals surface area contributed by atoms with Crippen LogP contribution in [0.3, 0.4) is 0 Å². The minimum absolute atomic E-state index is 0.0520. The van der Waals surface area contributed by atoms with Crippen LogP contribution in [-0.2, 0) is 6.42 Å². The number of hydrogen-bond donors (Lipinski definition) is 2. The third kappa shape index (κ3) is 4.62. The Bertz CT molecular complexity index is 640. The average molecular weight is 303 g/mol. The Labute approximate surface area is 127 Å². The van der Waals surface area contributed by atoms with Gasteiger partial charge in [-0.2, -0.15) is 0 Å². The molecule has 1 aromatic heterocycles. The number of nitrogens with zero attached hydrogens (tertiary/aromatic N) is 1. The SMILES string of the molecule is C[C@@H](CCc1ccco1)NC(=O)Nc1cccc([N+](=O)[O-])c1. The zero-order valence-corrected chi connectivity index (χ0v) is 12.1. The first-order chi connectivity index (χ1) is 10.5. The average Bonchev–Trinajstić information content (AvgIpc) is 2.98. The fourth-order valence-electron chi connectivity index (χ4n) is 1.97. The Kier molecular flexibility index (Phi) is 5.13. The van der Waals surface area contributed by atoms with E-state index in [0.717, 1.165) is 18.6 Å². The lowest BCUT2D eigenvalue weighted by molar-refractivity contribution is -0.384. The van der Waals surface area contributed by atoms with Crippen LogP contribution in [0.5, 0.6) is 0 Å². The number of amides is 2. The number of nitrogens with one attached hydrogen (secondary N) is 2. The number of anilines is 1. The molecule has 2 N–H and O–H groups in total. The fourth-order valence-corrected chi connectivity index (χ4v) is 1.97. The van der Waals surface area contributed by atoms with Gasteiger partial charge in [-0.1, -0.05) is 6.07 Å². The Morgan fingerprint density at radius 1 is 1.36 bits per heavy atom. The van der Waals surface area contributed by atoms with Crippen LogP contribution in [0.15, 0.2) is 47.1 Å². The van der Waals surface area contributed by atoms with Crippen LogP contribution in [0.2, 0.25) is 0 Å². The van der Waals surface area contributed by atoms with Gasteiger partial charge in [0.1, 0.15) is 5.76 Å². The summed E-state index contributed by atoms with van der Waals surface area (Å²) in [7, 11) is 0. The van der Waals surface area contributed by atoms with Crippen molar-refractivity contribution in [2.24, 2.45) is 0 Å². The highest BCUT2D eigenvalue weighted by Crippen LogP contribution is 2.16. The number of non-ortho nitro benzene ring substituents is 1. The number of rotatable bonds is 6. The molecule has 0 saturated heterocycles. The van der Waals surface area contributed by atoms with Crippen molar-refractivity contribution in [1.29, 1.82) is 0 Å². The summed E-state index contributed by atoms with van der Waals surface area (Å²) >= 11 is 0. The monoisotopic (exact) mass is 303 g/mol. The van der Waals surface area contributed by atoms with Crippen molar-refractivity contribution < 1.29 is 14.1 Å². The summed E-state index contributed by atoms with van der Waals surface area (Å²) in [5.74, 6) is 0.868. The van der Waals surface area contributed by atoms with Gasteiger partial charge in [-0.15, -0.1) is 0 Å². The number of nitro groups is 1. The standard InChI is InChI=1S/C15H17N3O4/c1-11(7-8-14-6-3-9-22-14)16-15(19)17-12-4-2-5-13(10-12)18(20)21/h2-6,9-11H,7-8H2,1H3,(H2,16,17,19)/t11-/m0/s1. The van der Waals surface area contributed by atoms with Gasteiger partial charge in [0, 0.05) is 30.3 Å². The number of hydrogen-bond acceptors (Lipinski definition) is 4. The molecule has 0 aliphatic carbocycles. The van der Waals surface area contributed by atoms with Crippen LogP contribution in [0, 0.1) is 10.1 Å². The van der Waals surface area contributed by atoms with Crippen LogP contribution in [0.25, 0.3) is 0 Å². The minimum Gasteiger partial charge on any atom is -0.469 e. The quantitative estimate of drug-likeness (QED) is 0.631. The van der Waals surface area contributed by atoms with Gasteiger partial charge in [0.2, 0.25) is 0 Å². The number of furan rings is 1. The highest BCUT2D eigenvalue weighted by atomic mass is 16.6. The first-order valence-corrected chi connectivity index (χ1v) is 6.89. The molecule has 0 saturated carbocycles. The van der Waals surface area contributed by atoms with E-state index < -0.39 is 11.0 Å². The molecule has 0 aliphatic rings. The molecular weight excluding hydrogens is 286 g/mol.